The van der Waals surface area contributed by atoms with Gasteiger partial charge in [0.15, 0.2) is 0 Å². The lowest BCUT2D eigenvalue weighted by molar-refractivity contribution is -0.136. The third-order valence-corrected chi connectivity index (χ3v) is 2.38. The lowest BCUT2D eigenvalue weighted by Crippen LogP contribution is -2.21. The highest BCUT2D eigenvalue weighted by Gasteiger charge is 2.09. The van der Waals surface area contributed by atoms with Crippen LogP contribution < -0.4 is 5.32 Å². The highest BCUT2D eigenvalue weighted by atomic mass is 19.1. The predicted molar refractivity (Wildman–Crippen MR) is 63.4 cm³/mol. The average Bonchev–Trinajstić information content (AvgIpc) is 2.78. The maximum absolute atomic E-state index is 13.5. The van der Waals surface area contributed by atoms with Crippen LogP contribution in [0.25, 0.3) is 11.3 Å². The van der Waals surface area contributed by atoms with E-state index in [1.54, 1.807) is 30.3 Å². The zero-order valence-corrected chi connectivity index (χ0v) is 9.52. The first-order valence-electron chi connectivity index (χ1n) is 5.43. The molecule has 0 aliphatic rings. The first kappa shape index (κ1) is 12.3. The molecular weight excluding hydrogens is 237 g/mol. The van der Waals surface area contributed by atoms with E-state index in [-0.39, 0.29) is 12.4 Å². The van der Waals surface area contributed by atoms with Crippen molar-refractivity contribution >= 4 is 5.97 Å². The highest BCUT2D eigenvalue weighted by Crippen LogP contribution is 2.24. The number of carboxylic acid groups (broad SMARTS) is 1. The van der Waals surface area contributed by atoms with Crippen molar-refractivity contribution in [3.05, 3.63) is 48.0 Å². The van der Waals surface area contributed by atoms with Gasteiger partial charge >= 0.3 is 5.97 Å². The van der Waals surface area contributed by atoms with Crippen molar-refractivity contribution < 1.29 is 18.7 Å². The molecule has 4 nitrogen and oxygen atoms in total. The van der Waals surface area contributed by atoms with Gasteiger partial charge in [-0.1, -0.05) is 12.1 Å². The Kier molecular flexibility index (Phi) is 3.74. The van der Waals surface area contributed by atoms with Crippen molar-refractivity contribution in [3.8, 4) is 11.3 Å². The molecule has 1 heterocycles. The molecule has 2 N–H and O–H groups in total. The van der Waals surface area contributed by atoms with E-state index in [2.05, 4.69) is 5.32 Å². The summed E-state index contributed by atoms with van der Waals surface area (Å²) in [6.07, 6.45) is 0. The molecule has 0 amide bonds. The van der Waals surface area contributed by atoms with Crippen LogP contribution in [-0.2, 0) is 11.3 Å². The van der Waals surface area contributed by atoms with E-state index in [0.29, 0.717) is 23.6 Å². The van der Waals surface area contributed by atoms with E-state index in [4.69, 9.17) is 9.52 Å². The summed E-state index contributed by atoms with van der Waals surface area (Å²) in [7, 11) is 0. The highest BCUT2D eigenvalue weighted by molar-refractivity contribution is 5.69. The summed E-state index contributed by atoms with van der Waals surface area (Å²) in [6.45, 7) is 0.149. The van der Waals surface area contributed by atoms with Crippen molar-refractivity contribution in [1.29, 1.82) is 0 Å². The number of benzene rings is 1. The van der Waals surface area contributed by atoms with Crippen LogP contribution >= 0.6 is 0 Å². The molecule has 0 aliphatic carbocycles. The van der Waals surface area contributed by atoms with E-state index < -0.39 is 5.97 Å². The number of carboxylic acids is 1. The summed E-state index contributed by atoms with van der Waals surface area (Å²) in [5, 5.41) is 11.2. The summed E-state index contributed by atoms with van der Waals surface area (Å²) in [4.78, 5) is 10.3. The molecule has 0 atom stereocenters. The van der Waals surface area contributed by atoms with Crippen molar-refractivity contribution in [2.24, 2.45) is 0 Å². The molecule has 2 rings (SSSR count). The minimum atomic E-state index is -0.934. The zero-order chi connectivity index (χ0) is 13.0. The molecule has 94 valence electrons. The van der Waals surface area contributed by atoms with Crippen molar-refractivity contribution in [3.63, 3.8) is 0 Å². The number of aliphatic carboxylic acids is 1. The summed E-state index contributed by atoms with van der Waals surface area (Å²) < 4.78 is 18.9. The van der Waals surface area contributed by atoms with Gasteiger partial charge in [0.2, 0.25) is 0 Å². The van der Waals surface area contributed by atoms with E-state index in [1.165, 1.54) is 6.07 Å². The molecule has 0 unspecified atom stereocenters. The van der Waals surface area contributed by atoms with E-state index in [9.17, 15) is 9.18 Å². The molecule has 1 aromatic heterocycles. The molecule has 0 spiro atoms. The second-order valence-electron chi connectivity index (χ2n) is 3.74. The van der Waals surface area contributed by atoms with Crippen molar-refractivity contribution in [2.75, 3.05) is 6.54 Å². The molecule has 0 fully saturated rings. The van der Waals surface area contributed by atoms with Crippen LogP contribution in [0.5, 0.6) is 0 Å². The topological polar surface area (TPSA) is 62.5 Å². The standard InChI is InChI=1S/C13H12FNO3/c14-11-4-2-1-3-10(11)12-6-5-9(18-12)7-15-8-13(16)17/h1-6,15H,7-8H2,(H,16,17). The maximum atomic E-state index is 13.5. The van der Waals surface area contributed by atoms with Crippen LogP contribution in [0.3, 0.4) is 0 Å². The van der Waals surface area contributed by atoms with Gasteiger partial charge in [0.25, 0.3) is 0 Å². The lowest BCUT2D eigenvalue weighted by Gasteiger charge is -2.00. The van der Waals surface area contributed by atoms with Crippen LogP contribution in [0.4, 0.5) is 4.39 Å². The van der Waals surface area contributed by atoms with Gasteiger partial charge in [-0.2, -0.15) is 0 Å². The molecule has 18 heavy (non-hydrogen) atoms. The lowest BCUT2D eigenvalue weighted by atomic mass is 10.1. The number of carbonyl (C=O) groups is 1. The van der Waals surface area contributed by atoms with E-state index >= 15 is 0 Å². The normalized spacial score (nSPS) is 10.5. The van der Waals surface area contributed by atoms with Crippen molar-refractivity contribution in [2.45, 2.75) is 6.54 Å². The second kappa shape index (κ2) is 5.46. The number of hydrogen-bond acceptors (Lipinski definition) is 3. The number of hydrogen-bond donors (Lipinski definition) is 2. The molecule has 0 bridgehead atoms. The predicted octanol–water partition coefficient (Wildman–Crippen LogP) is 2.26. The van der Waals surface area contributed by atoms with E-state index in [1.807, 2.05) is 0 Å². The van der Waals surface area contributed by atoms with Gasteiger partial charge in [0.1, 0.15) is 17.3 Å². The number of rotatable bonds is 5. The van der Waals surface area contributed by atoms with Gasteiger partial charge in [-0.3, -0.25) is 10.1 Å². The van der Waals surface area contributed by atoms with Gasteiger partial charge in [-0.05, 0) is 24.3 Å². The van der Waals surface area contributed by atoms with Gasteiger partial charge in [0.05, 0.1) is 18.7 Å². The Bertz CT molecular complexity index is 551. The van der Waals surface area contributed by atoms with Crippen LogP contribution in [0.2, 0.25) is 0 Å². The minimum Gasteiger partial charge on any atom is -0.480 e. The Morgan fingerprint density at radius 2 is 2.06 bits per heavy atom. The Balaban J connectivity index is 2.06. The Morgan fingerprint density at radius 1 is 1.28 bits per heavy atom. The van der Waals surface area contributed by atoms with Crippen LogP contribution in [0.1, 0.15) is 5.76 Å². The van der Waals surface area contributed by atoms with Crippen LogP contribution in [0, 0.1) is 5.82 Å². The zero-order valence-electron chi connectivity index (χ0n) is 9.52. The molecule has 1 aromatic carbocycles. The first-order valence-corrected chi connectivity index (χ1v) is 5.43. The van der Waals surface area contributed by atoms with Crippen molar-refractivity contribution in [1.82, 2.24) is 5.32 Å². The average molecular weight is 249 g/mol. The number of furan rings is 1. The Hall–Kier alpha value is -2.14. The SMILES string of the molecule is O=C(O)CNCc1ccc(-c2ccccc2F)o1. The molecule has 0 saturated carbocycles. The fourth-order valence-corrected chi connectivity index (χ4v) is 1.57. The number of halogens is 1. The minimum absolute atomic E-state index is 0.143. The fourth-order valence-electron chi connectivity index (χ4n) is 1.57. The Labute approximate surface area is 103 Å². The maximum Gasteiger partial charge on any atom is 0.317 e. The molecular formula is C13H12FNO3. The number of nitrogens with one attached hydrogen (secondary N) is 1. The molecule has 5 heteroatoms. The summed E-state index contributed by atoms with van der Waals surface area (Å²) in [5.41, 5.74) is 0.391. The van der Waals surface area contributed by atoms with Gasteiger partial charge in [-0.15, -0.1) is 0 Å². The second-order valence-corrected chi connectivity index (χ2v) is 3.74. The van der Waals surface area contributed by atoms with E-state index in [0.717, 1.165) is 0 Å². The quantitative estimate of drug-likeness (QED) is 0.853. The molecule has 0 radical (unpaired) electrons. The monoisotopic (exact) mass is 249 g/mol. The van der Waals surface area contributed by atoms with Gasteiger partial charge in [-0.25, -0.2) is 4.39 Å². The first-order chi connectivity index (χ1) is 8.66. The third kappa shape index (κ3) is 2.95. The largest absolute Gasteiger partial charge is 0.480 e. The third-order valence-electron chi connectivity index (χ3n) is 2.38. The van der Waals surface area contributed by atoms with Crippen LogP contribution in [-0.4, -0.2) is 17.6 Å². The van der Waals surface area contributed by atoms with Crippen LogP contribution in [0.15, 0.2) is 40.8 Å². The summed E-state index contributed by atoms with van der Waals surface area (Å²) in [6, 6.07) is 9.68. The fraction of sp³-hybridized carbons (Fsp3) is 0.154. The smallest absolute Gasteiger partial charge is 0.317 e. The molecule has 2 aromatic rings. The molecule has 0 aliphatic heterocycles. The Morgan fingerprint density at radius 3 is 2.78 bits per heavy atom. The summed E-state index contributed by atoms with van der Waals surface area (Å²) >= 11 is 0. The summed E-state index contributed by atoms with van der Waals surface area (Å²) in [5.74, 6) is -0.289. The van der Waals surface area contributed by atoms with Gasteiger partial charge < -0.3 is 9.52 Å². The molecule has 0 saturated heterocycles. The van der Waals surface area contributed by atoms with Gasteiger partial charge in [0, 0.05) is 0 Å².